The first-order valence-electron chi connectivity index (χ1n) is 7.79. The first-order valence-corrected chi connectivity index (χ1v) is 7.79. The quantitative estimate of drug-likeness (QED) is 0.816. The van der Waals surface area contributed by atoms with E-state index in [1.54, 1.807) is 0 Å². The summed E-state index contributed by atoms with van der Waals surface area (Å²) in [5, 5.41) is 2.89. The van der Waals surface area contributed by atoms with E-state index in [0.717, 1.165) is 44.5 Å². The van der Waals surface area contributed by atoms with Gasteiger partial charge in [-0.2, -0.15) is 0 Å². The van der Waals surface area contributed by atoms with Crippen molar-refractivity contribution in [2.24, 2.45) is 5.92 Å². The molecule has 1 aliphatic heterocycles. The molecule has 0 radical (unpaired) electrons. The van der Waals surface area contributed by atoms with Gasteiger partial charge in [-0.1, -0.05) is 37.3 Å². The molecule has 2 rings (SSSR count). The van der Waals surface area contributed by atoms with Gasteiger partial charge in [-0.25, -0.2) is 0 Å². The molecule has 0 spiro atoms. The van der Waals surface area contributed by atoms with E-state index in [4.69, 9.17) is 0 Å². The third-order valence-corrected chi connectivity index (χ3v) is 3.96. The predicted molar refractivity (Wildman–Crippen MR) is 83.2 cm³/mol. The largest absolute Gasteiger partial charge is 0.355 e. The summed E-state index contributed by atoms with van der Waals surface area (Å²) < 4.78 is 0. The minimum atomic E-state index is 0.0877. The zero-order valence-corrected chi connectivity index (χ0v) is 12.7. The number of piperidine rings is 1. The van der Waals surface area contributed by atoms with E-state index < -0.39 is 0 Å². The second-order valence-corrected chi connectivity index (χ2v) is 5.63. The number of carbonyl (C=O) groups is 2. The number of benzene rings is 1. The van der Waals surface area contributed by atoms with E-state index in [1.165, 1.54) is 0 Å². The Morgan fingerprint density at radius 2 is 1.86 bits per heavy atom. The maximum Gasteiger partial charge on any atom is 0.234 e. The fourth-order valence-corrected chi connectivity index (χ4v) is 2.71. The van der Waals surface area contributed by atoms with Gasteiger partial charge in [-0.3, -0.25) is 14.5 Å². The second kappa shape index (κ2) is 7.93. The zero-order chi connectivity index (χ0) is 15.1. The van der Waals surface area contributed by atoms with Crippen LogP contribution in [-0.2, 0) is 4.79 Å². The van der Waals surface area contributed by atoms with Crippen LogP contribution in [0.25, 0.3) is 0 Å². The fraction of sp³-hybridized carbons (Fsp3) is 0.529. The van der Waals surface area contributed by atoms with Gasteiger partial charge in [0, 0.05) is 18.0 Å². The molecule has 4 nitrogen and oxygen atoms in total. The van der Waals surface area contributed by atoms with Gasteiger partial charge < -0.3 is 5.32 Å². The number of rotatable bonds is 6. The molecule has 1 N–H and O–H groups in total. The molecule has 1 aliphatic rings. The standard InChI is InChI=1S/C17H24N2O2/c1-2-10-18-16(20)13-19-11-8-15(9-12-19)17(21)14-6-4-3-5-7-14/h3-7,15H,2,8-13H2,1H3,(H,18,20). The van der Waals surface area contributed by atoms with Crippen LogP contribution in [0.1, 0.15) is 36.5 Å². The maximum atomic E-state index is 12.4. The molecule has 1 heterocycles. The third-order valence-electron chi connectivity index (χ3n) is 3.96. The number of likely N-dealkylation sites (tertiary alicyclic amines) is 1. The molecule has 0 atom stereocenters. The number of hydrogen-bond donors (Lipinski definition) is 1. The topological polar surface area (TPSA) is 49.4 Å². The summed E-state index contributed by atoms with van der Waals surface area (Å²) in [6, 6.07) is 9.50. The highest BCUT2D eigenvalue weighted by Gasteiger charge is 2.26. The lowest BCUT2D eigenvalue weighted by Gasteiger charge is -2.30. The van der Waals surface area contributed by atoms with Crippen molar-refractivity contribution < 1.29 is 9.59 Å². The Morgan fingerprint density at radius 3 is 2.48 bits per heavy atom. The van der Waals surface area contributed by atoms with Gasteiger partial charge in [0.1, 0.15) is 0 Å². The number of nitrogens with one attached hydrogen (secondary N) is 1. The first kappa shape index (κ1) is 15.7. The summed E-state index contributed by atoms with van der Waals surface area (Å²) in [7, 11) is 0. The molecule has 4 heteroatoms. The maximum absolute atomic E-state index is 12.4. The third kappa shape index (κ3) is 4.67. The molecule has 1 aromatic carbocycles. The molecule has 0 aromatic heterocycles. The van der Waals surface area contributed by atoms with Crippen molar-refractivity contribution in [2.75, 3.05) is 26.2 Å². The number of nitrogens with zero attached hydrogens (tertiary/aromatic N) is 1. The molecule has 0 bridgehead atoms. The summed E-state index contributed by atoms with van der Waals surface area (Å²) in [5.41, 5.74) is 0.802. The fourth-order valence-electron chi connectivity index (χ4n) is 2.71. The highest BCUT2D eigenvalue weighted by atomic mass is 16.2. The van der Waals surface area contributed by atoms with Crippen molar-refractivity contribution in [3.8, 4) is 0 Å². The van der Waals surface area contributed by atoms with Crippen LogP contribution in [-0.4, -0.2) is 42.8 Å². The normalized spacial score (nSPS) is 16.6. The van der Waals surface area contributed by atoms with Crippen LogP contribution in [0.15, 0.2) is 30.3 Å². The van der Waals surface area contributed by atoms with Gasteiger partial charge in [-0.05, 0) is 32.4 Å². The number of carbonyl (C=O) groups excluding carboxylic acids is 2. The van der Waals surface area contributed by atoms with Crippen molar-refractivity contribution in [1.82, 2.24) is 10.2 Å². The molecule has 0 aliphatic carbocycles. The Hall–Kier alpha value is -1.68. The van der Waals surface area contributed by atoms with Crippen molar-refractivity contribution >= 4 is 11.7 Å². The van der Waals surface area contributed by atoms with E-state index in [2.05, 4.69) is 10.2 Å². The Bertz CT molecular complexity index is 465. The van der Waals surface area contributed by atoms with Crippen LogP contribution < -0.4 is 5.32 Å². The van der Waals surface area contributed by atoms with Crippen molar-refractivity contribution in [2.45, 2.75) is 26.2 Å². The molecular formula is C17H24N2O2. The smallest absolute Gasteiger partial charge is 0.234 e. The molecule has 0 unspecified atom stereocenters. The number of hydrogen-bond acceptors (Lipinski definition) is 3. The monoisotopic (exact) mass is 288 g/mol. The second-order valence-electron chi connectivity index (χ2n) is 5.63. The number of amides is 1. The Kier molecular flexibility index (Phi) is 5.93. The van der Waals surface area contributed by atoms with Crippen LogP contribution in [0.4, 0.5) is 0 Å². The summed E-state index contributed by atoms with van der Waals surface area (Å²) in [4.78, 5) is 26.2. The highest BCUT2D eigenvalue weighted by molar-refractivity contribution is 5.97. The van der Waals surface area contributed by atoms with Gasteiger partial charge in [0.25, 0.3) is 0 Å². The van der Waals surface area contributed by atoms with Crippen LogP contribution in [0.3, 0.4) is 0 Å². The van der Waals surface area contributed by atoms with Crippen LogP contribution >= 0.6 is 0 Å². The van der Waals surface area contributed by atoms with Crippen molar-refractivity contribution in [3.05, 3.63) is 35.9 Å². The lowest BCUT2D eigenvalue weighted by atomic mass is 9.89. The van der Waals surface area contributed by atoms with Crippen LogP contribution in [0.5, 0.6) is 0 Å². The van der Waals surface area contributed by atoms with Gasteiger partial charge >= 0.3 is 0 Å². The minimum absolute atomic E-state index is 0.0877. The predicted octanol–water partition coefficient (Wildman–Crippen LogP) is 2.11. The van der Waals surface area contributed by atoms with Crippen molar-refractivity contribution in [3.63, 3.8) is 0 Å². The van der Waals surface area contributed by atoms with E-state index in [9.17, 15) is 9.59 Å². The summed E-state index contributed by atoms with van der Waals surface area (Å²) >= 11 is 0. The summed E-state index contributed by atoms with van der Waals surface area (Å²) in [6.45, 7) is 4.88. The lowest BCUT2D eigenvalue weighted by molar-refractivity contribution is -0.122. The van der Waals surface area contributed by atoms with Gasteiger partial charge in [-0.15, -0.1) is 0 Å². The number of Topliss-reactive ketones (excluding diaryl/α,β-unsaturated/α-hetero) is 1. The van der Waals surface area contributed by atoms with E-state index >= 15 is 0 Å². The SMILES string of the molecule is CCCNC(=O)CN1CCC(C(=O)c2ccccc2)CC1. The Labute approximate surface area is 126 Å². The summed E-state index contributed by atoms with van der Waals surface area (Å²) in [6.07, 6.45) is 2.64. The molecule has 0 saturated carbocycles. The highest BCUT2D eigenvalue weighted by Crippen LogP contribution is 2.21. The molecule has 114 valence electrons. The van der Waals surface area contributed by atoms with Gasteiger partial charge in [0.2, 0.25) is 5.91 Å². The molecule has 21 heavy (non-hydrogen) atoms. The zero-order valence-electron chi connectivity index (χ0n) is 12.7. The van der Waals surface area contributed by atoms with E-state index in [-0.39, 0.29) is 17.6 Å². The lowest BCUT2D eigenvalue weighted by Crippen LogP contribution is -2.42. The first-order chi connectivity index (χ1) is 10.2. The average Bonchev–Trinajstić information content (AvgIpc) is 2.54. The van der Waals surface area contributed by atoms with Gasteiger partial charge in [0.15, 0.2) is 5.78 Å². The Balaban J connectivity index is 1.78. The number of ketones is 1. The summed E-state index contributed by atoms with van der Waals surface area (Å²) in [5.74, 6) is 0.428. The van der Waals surface area contributed by atoms with Crippen LogP contribution in [0.2, 0.25) is 0 Å². The molecule has 1 aromatic rings. The molecule has 1 amide bonds. The van der Waals surface area contributed by atoms with Crippen LogP contribution in [0, 0.1) is 5.92 Å². The minimum Gasteiger partial charge on any atom is -0.355 e. The average molecular weight is 288 g/mol. The van der Waals surface area contributed by atoms with E-state index in [1.807, 2.05) is 37.3 Å². The molecular weight excluding hydrogens is 264 g/mol. The Morgan fingerprint density at radius 1 is 1.19 bits per heavy atom. The van der Waals surface area contributed by atoms with E-state index in [0.29, 0.717) is 6.54 Å². The van der Waals surface area contributed by atoms with Gasteiger partial charge in [0.05, 0.1) is 6.54 Å². The molecule has 1 saturated heterocycles. The molecule has 1 fully saturated rings. The van der Waals surface area contributed by atoms with Crippen molar-refractivity contribution in [1.29, 1.82) is 0 Å².